The molecule has 0 bridgehead atoms. The van der Waals surface area contributed by atoms with E-state index in [2.05, 4.69) is 56.3 Å². The number of aryl methyl sites for hydroxylation is 1. The number of para-hydroxylation sites is 1. The number of amides is 1. The zero-order chi connectivity index (χ0) is 30.3. The van der Waals surface area contributed by atoms with Gasteiger partial charge in [-0.05, 0) is 58.5 Å². The van der Waals surface area contributed by atoms with E-state index in [1.54, 1.807) is 6.20 Å². The molecular weight excluding hydrogens is 557 g/mol. The van der Waals surface area contributed by atoms with Crippen LogP contribution in [0.1, 0.15) is 26.3 Å². The second-order valence-electron chi connectivity index (χ2n) is 11.2. The molecule has 1 aliphatic rings. The standard InChI is InChI=1S/C30H36FN7O3S/c1-17-13-33-30(35-23-10-8-12-25(26(23)31)42(6,40)41)36-27(17)22-14-32-28-21(22)9-7-11-24(28)34-29(39)20(4)38-15-18(2)37(5)19(3)16-38/h7-14,18-20,32H,15-16H2,1-6H3,(H,34,39)(H,33,35,36)/t18-,19-,20+/m0/s1. The summed E-state index contributed by atoms with van der Waals surface area (Å²) in [7, 11) is -1.63. The highest BCUT2D eigenvalue weighted by Gasteiger charge is 2.32. The summed E-state index contributed by atoms with van der Waals surface area (Å²) in [5.41, 5.74) is 3.55. The van der Waals surface area contributed by atoms with Crippen LogP contribution in [0, 0.1) is 12.7 Å². The quantitative estimate of drug-likeness (QED) is 0.285. The molecule has 4 aromatic rings. The van der Waals surface area contributed by atoms with Gasteiger partial charge in [-0.3, -0.25) is 14.6 Å². The highest BCUT2D eigenvalue weighted by molar-refractivity contribution is 7.90. The summed E-state index contributed by atoms with van der Waals surface area (Å²) in [5.74, 6) is -0.859. The number of benzene rings is 2. The smallest absolute Gasteiger partial charge is 0.241 e. The first-order chi connectivity index (χ1) is 19.8. The van der Waals surface area contributed by atoms with Crippen LogP contribution >= 0.6 is 0 Å². The summed E-state index contributed by atoms with van der Waals surface area (Å²) in [6.45, 7) is 9.79. The number of hydrogen-bond donors (Lipinski definition) is 3. The molecule has 12 heteroatoms. The fourth-order valence-corrected chi connectivity index (χ4v) is 6.17. The molecule has 0 saturated carbocycles. The van der Waals surface area contributed by atoms with Crippen LogP contribution in [0.3, 0.4) is 0 Å². The van der Waals surface area contributed by atoms with Crippen molar-refractivity contribution in [1.82, 2.24) is 24.8 Å². The Labute approximate surface area is 245 Å². The van der Waals surface area contributed by atoms with Gasteiger partial charge in [0.2, 0.25) is 11.9 Å². The van der Waals surface area contributed by atoms with Crippen molar-refractivity contribution < 1.29 is 17.6 Å². The highest BCUT2D eigenvalue weighted by atomic mass is 32.2. The van der Waals surface area contributed by atoms with Crippen LogP contribution in [0.25, 0.3) is 22.2 Å². The maximum atomic E-state index is 15.0. The Balaban J connectivity index is 1.41. The SMILES string of the molecule is Cc1cnc(Nc2cccc(S(C)(=O)=O)c2F)nc1-c1c[nH]c2c(NC(=O)[C@@H](C)N3C[C@H](C)N(C)[C@@H](C)C3)cccc12. The first kappa shape index (κ1) is 29.6. The molecule has 10 nitrogen and oxygen atoms in total. The lowest BCUT2D eigenvalue weighted by molar-refractivity contribution is -0.122. The van der Waals surface area contributed by atoms with Crippen LogP contribution in [0.4, 0.5) is 21.7 Å². The van der Waals surface area contributed by atoms with Gasteiger partial charge in [0.05, 0.1) is 28.6 Å². The number of carbonyl (C=O) groups excluding carboxylic acids is 1. The summed E-state index contributed by atoms with van der Waals surface area (Å²) < 4.78 is 38.9. The molecule has 222 valence electrons. The average molecular weight is 594 g/mol. The number of fused-ring (bicyclic) bond motifs is 1. The number of nitrogens with zero attached hydrogens (tertiary/aromatic N) is 4. The van der Waals surface area contributed by atoms with Gasteiger partial charge in [0.25, 0.3) is 0 Å². The zero-order valence-electron chi connectivity index (χ0n) is 24.6. The minimum absolute atomic E-state index is 0.0464. The molecule has 3 atom stereocenters. The molecule has 1 fully saturated rings. The number of nitrogens with one attached hydrogen (secondary N) is 3. The first-order valence-corrected chi connectivity index (χ1v) is 15.7. The molecular formula is C30H36FN7O3S. The van der Waals surface area contributed by atoms with Gasteiger partial charge in [-0.15, -0.1) is 0 Å². The van der Waals surface area contributed by atoms with Crippen molar-refractivity contribution >= 4 is 44.0 Å². The molecule has 1 amide bonds. The number of sulfone groups is 1. The molecule has 1 aliphatic heterocycles. The van der Waals surface area contributed by atoms with Crippen molar-refractivity contribution in [2.24, 2.45) is 0 Å². The lowest BCUT2D eigenvalue weighted by atomic mass is 10.1. The maximum absolute atomic E-state index is 15.0. The number of anilines is 3. The van der Waals surface area contributed by atoms with Crippen molar-refractivity contribution in [2.75, 3.05) is 37.0 Å². The van der Waals surface area contributed by atoms with Gasteiger partial charge in [-0.1, -0.05) is 18.2 Å². The Morgan fingerprint density at radius 2 is 1.79 bits per heavy atom. The van der Waals surface area contributed by atoms with Gasteiger partial charge >= 0.3 is 0 Å². The maximum Gasteiger partial charge on any atom is 0.241 e. The van der Waals surface area contributed by atoms with E-state index in [1.807, 2.05) is 38.2 Å². The van der Waals surface area contributed by atoms with Crippen molar-refractivity contribution in [3.8, 4) is 11.3 Å². The molecule has 3 heterocycles. The first-order valence-electron chi connectivity index (χ1n) is 13.8. The summed E-state index contributed by atoms with van der Waals surface area (Å²) >= 11 is 0. The number of aromatic nitrogens is 3. The Kier molecular flexibility index (Phi) is 8.06. The topological polar surface area (TPSA) is 123 Å². The van der Waals surface area contributed by atoms with E-state index in [0.29, 0.717) is 23.5 Å². The molecule has 0 aliphatic carbocycles. The van der Waals surface area contributed by atoms with Crippen LogP contribution < -0.4 is 10.6 Å². The molecule has 2 aromatic carbocycles. The molecule has 1 saturated heterocycles. The molecule has 2 aromatic heterocycles. The van der Waals surface area contributed by atoms with E-state index < -0.39 is 20.5 Å². The summed E-state index contributed by atoms with van der Waals surface area (Å²) in [5, 5.41) is 6.77. The van der Waals surface area contributed by atoms with Gasteiger partial charge in [0.15, 0.2) is 15.7 Å². The van der Waals surface area contributed by atoms with E-state index in [0.717, 1.165) is 41.4 Å². The molecule has 0 unspecified atom stereocenters. The van der Waals surface area contributed by atoms with Crippen LogP contribution in [0.5, 0.6) is 0 Å². The minimum Gasteiger partial charge on any atom is -0.359 e. The van der Waals surface area contributed by atoms with Crippen LogP contribution in [0.15, 0.2) is 53.7 Å². The number of H-pyrrole nitrogens is 1. The largest absolute Gasteiger partial charge is 0.359 e. The second-order valence-corrected chi connectivity index (χ2v) is 13.1. The third-order valence-electron chi connectivity index (χ3n) is 8.12. The highest BCUT2D eigenvalue weighted by Crippen LogP contribution is 2.34. The fourth-order valence-electron chi connectivity index (χ4n) is 5.41. The number of carbonyl (C=O) groups is 1. The second kappa shape index (κ2) is 11.4. The Morgan fingerprint density at radius 1 is 1.12 bits per heavy atom. The van der Waals surface area contributed by atoms with Crippen molar-refractivity contribution in [3.63, 3.8) is 0 Å². The lowest BCUT2D eigenvalue weighted by Crippen LogP contribution is -2.58. The van der Waals surface area contributed by atoms with E-state index >= 15 is 0 Å². The number of halogens is 1. The average Bonchev–Trinajstić information content (AvgIpc) is 3.37. The van der Waals surface area contributed by atoms with Gasteiger partial charge < -0.3 is 15.6 Å². The minimum atomic E-state index is -3.75. The van der Waals surface area contributed by atoms with Crippen LogP contribution in [-0.4, -0.2) is 83.6 Å². The number of aromatic amines is 1. The molecule has 3 N–H and O–H groups in total. The predicted octanol–water partition coefficient (Wildman–Crippen LogP) is 4.57. The normalized spacial score (nSPS) is 19.1. The van der Waals surface area contributed by atoms with Gasteiger partial charge in [0, 0.05) is 54.8 Å². The van der Waals surface area contributed by atoms with Crippen molar-refractivity contribution in [1.29, 1.82) is 0 Å². The Bertz CT molecular complexity index is 1750. The monoisotopic (exact) mass is 593 g/mol. The summed E-state index contributed by atoms with van der Waals surface area (Å²) in [6, 6.07) is 10.2. The third kappa shape index (κ3) is 5.74. The fraction of sp³-hybridized carbons (Fsp3) is 0.367. The van der Waals surface area contributed by atoms with Crippen molar-refractivity contribution in [2.45, 2.75) is 50.7 Å². The van der Waals surface area contributed by atoms with Crippen molar-refractivity contribution in [3.05, 3.63) is 60.2 Å². The van der Waals surface area contributed by atoms with Gasteiger partial charge in [-0.2, -0.15) is 0 Å². The summed E-state index contributed by atoms with van der Waals surface area (Å²) in [4.78, 5) is 29.7. The third-order valence-corrected chi connectivity index (χ3v) is 9.24. The lowest BCUT2D eigenvalue weighted by Gasteiger charge is -2.44. The number of likely N-dealkylation sites (N-methyl/N-ethyl adjacent to an activating group) is 1. The number of rotatable bonds is 7. The number of piperazine rings is 1. The van der Waals surface area contributed by atoms with Crippen LogP contribution in [-0.2, 0) is 14.6 Å². The Morgan fingerprint density at radius 3 is 2.48 bits per heavy atom. The molecule has 42 heavy (non-hydrogen) atoms. The number of hydrogen-bond acceptors (Lipinski definition) is 8. The molecule has 0 spiro atoms. The van der Waals surface area contributed by atoms with Gasteiger partial charge in [-0.25, -0.2) is 22.8 Å². The molecule has 0 radical (unpaired) electrons. The van der Waals surface area contributed by atoms with E-state index in [4.69, 9.17) is 0 Å². The van der Waals surface area contributed by atoms with Crippen LogP contribution in [0.2, 0.25) is 0 Å². The Hall–Kier alpha value is -3.87. The van der Waals surface area contributed by atoms with E-state index in [-0.39, 0.29) is 23.6 Å². The van der Waals surface area contributed by atoms with E-state index in [1.165, 1.54) is 18.2 Å². The predicted molar refractivity (Wildman–Crippen MR) is 163 cm³/mol. The van der Waals surface area contributed by atoms with Gasteiger partial charge in [0.1, 0.15) is 4.90 Å². The van der Waals surface area contributed by atoms with E-state index in [9.17, 15) is 17.6 Å². The molecule has 5 rings (SSSR count). The summed E-state index contributed by atoms with van der Waals surface area (Å²) in [6.07, 6.45) is 4.39. The zero-order valence-corrected chi connectivity index (χ0v) is 25.4.